The lowest BCUT2D eigenvalue weighted by Gasteiger charge is -2.16. The lowest BCUT2D eigenvalue weighted by Crippen LogP contribution is -2.23. The summed E-state index contributed by atoms with van der Waals surface area (Å²) in [5.74, 6) is 1.13. The summed E-state index contributed by atoms with van der Waals surface area (Å²) >= 11 is 0. The van der Waals surface area contributed by atoms with Crippen molar-refractivity contribution < 1.29 is 4.79 Å². The monoisotopic (exact) mass is 337 g/mol. The molecule has 1 N–H and O–H groups in total. The lowest BCUT2D eigenvalue weighted by molar-refractivity contribution is -0.121. The second-order valence-corrected chi connectivity index (χ2v) is 6.67. The Morgan fingerprint density at radius 1 is 1.04 bits per heavy atom. The summed E-state index contributed by atoms with van der Waals surface area (Å²) in [6.07, 6.45) is 6.72. The maximum Gasteiger partial charge on any atom is 0.220 e. The first-order valence-electron chi connectivity index (χ1n) is 9.29. The third-order valence-electron chi connectivity index (χ3n) is 4.80. The minimum Gasteiger partial charge on any atom is -0.357 e. The number of hydrogen-bond donors (Lipinski definition) is 1. The van der Waals surface area contributed by atoms with Crippen LogP contribution in [0.1, 0.15) is 42.9 Å². The molecule has 1 amide bonds. The van der Waals surface area contributed by atoms with Gasteiger partial charge in [0.15, 0.2) is 0 Å². The van der Waals surface area contributed by atoms with E-state index in [1.807, 2.05) is 6.20 Å². The zero-order valence-electron chi connectivity index (χ0n) is 15.0. The number of carbonyl (C=O) groups excluding carboxylic acids is 1. The van der Waals surface area contributed by atoms with Gasteiger partial charge in [0, 0.05) is 32.3 Å². The van der Waals surface area contributed by atoms with E-state index in [0.29, 0.717) is 13.0 Å². The van der Waals surface area contributed by atoms with Gasteiger partial charge in [0.1, 0.15) is 5.82 Å². The van der Waals surface area contributed by atoms with Crippen molar-refractivity contribution >= 4 is 11.7 Å². The van der Waals surface area contributed by atoms with Gasteiger partial charge in [-0.2, -0.15) is 0 Å². The molecule has 2 aromatic rings. The van der Waals surface area contributed by atoms with E-state index >= 15 is 0 Å². The number of rotatable bonds is 7. The number of pyridine rings is 1. The number of carbonyl (C=O) groups is 1. The molecule has 0 atom stereocenters. The fourth-order valence-corrected chi connectivity index (χ4v) is 3.14. The van der Waals surface area contributed by atoms with Crippen molar-refractivity contribution in [1.29, 1.82) is 0 Å². The molecule has 1 aromatic carbocycles. The van der Waals surface area contributed by atoms with E-state index < -0.39 is 0 Å². The average Bonchev–Trinajstić information content (AvgIpc) is 3.20. The number of nitrogens with one attached hydrogen (secondary N) is 1. The highest BCUT2D eigenvalue weighted by molar-refractivity contribution is 5.76. The van der Waals surface area contributed by atoms with Crippen LogP contribution in [0, 0.1) is 0 Å². The first kappa shape index (κ1) is 17.5. The second-order valence-electron chi connectivity index (χ2n) is 6.67. The molecule has 0 saturated carbocycles. The van der Waals surface area contributed by atoms with Gasteiger partial charge in [0.2, 0.25) is 5.91 Å². The van der Waals surface area contributed by atoms with Crippen LogP contribution in [0.5, 0.6) is 0 Å². The molecule has 1 fully saturated rings. The van der Waals surface area contributed by atoms with E-state index in [9.17, 15) is 4.79 Å². The van der Waals surface area contributed by atoms with Gasteiger partial charge in [-0.1, -0.05) is 37.3 Å². The Labute approximate surface area is 150 Å². The Balaban J connectivity index is 1.42. The van der Waals surface area contributed by atoms with Gasteiger partial charge in [-0.3, -0.25) is 4.79 Å². The molecule has 1 aliphatic rings. The van der Waals surface area contributed by atoms with Gasteiger partial charge in [0.25, 0.3) is 0 Å². The molecule has 0 radical (unpaired) electrons. The summed E-state index contributed by atoms with van der Waals surface area (Å²) in [4.78, 5) is 18.9. The SMILES string of the molecule is CCc1ccc(CCC(=O)NCc2ccc(N3CCCC3)nc2)cc1. The summed E-state index contributed by atoms with van der Waals surface area (Å²) in [7, 11) is 0. The number of anilines is 1. The predicted octanol–water partition coefficient (Wildman–Crippen LogP) is 3.49. The topological polar surface area (TPSA) is 45.2 Å². The summed E-state index contributed by atoms with van der Waals surface area (Å²) in [5, 5.41) is 2.99. The molecule has 0 aliphatic carbocycles. The van der Waals surface area contributed by atoms with Crippen molar-refractivity contribution in [2.45, 2.75) is 45.6 Å². The Morgan fingerprint density at radius 2 is 1.72 bits per heavy atom. The number of nitrogens with zero attached hydrogens (tertiary/aromatic N) is 2. The second kappa shape index (κ2) is 8.65. The highest BCUT2D eigenvalue weighted by Crippen LogP contribution is 2.17. The fourth-order valence-electron chi connectivity index (χ4n) is 3.14. The van der Waals surface area contributed by atoms with E-state index in [1.54, 1.807) is 0 Å². The number of benzene rings is 1. The van der Waals surface area contributed by atoms with Crippen LogP contribution < -0.4 is 10.2 Å². The van der Waals surface area contributed by atoms with E-state index in [1.165, 1.54) is 24.0 Å². The highest BCUT2D eigenvalue weighted by Gasteiger charge is 2.13. The van der Waals surface area contributed by atoms with Gasteiger partial charge >= 0.3 is 0 Å². The Kier molecular flexibility index (Phi) is 6.04. The van der Waals surface area contributed by atoms with Crippen molar-refractivity contribution in [2.75, 3.05) is 18.0 Å². The number of aryl methyl sites for hydroxylation is 2. The number of amides is 1. The zero-order chi connectivity index (χ0) is 17.5. The molecule has 3 rings (SSSR count). The molecule has 1 aromatic heterocycles. The molecular weight excluding hydrogens is 310 g/mol. The minimum atomic E-state index is 0.0863. The quantitative estimate of drug-likeness (QED) is 0.841. The van der Waals surface area contributed by atoms with Crippen molar-refractivity contribution in [3.05, 3.63) is 59.3 Å². The summed E-state index contributed by atoms with van der Waals surface area (Å²) in [6, 6.07) is 12.6. The van der Waals surface area contributed by atoms with Crippen molar-refractivity contribution in [3.63, 3.8) is 0 Å². The predicted molar refractivity (Wildman–Crippen MR) is 102 cm³/mol. The van der Waals surface area contributed by atoms with Crippen LogP contribution in [0.3, 0.4) is 0 Å². The van der Waals surface area contributed by atoms with E-state index in [-0.39, 0.29) is 5.91 Å². The van der Waals surface area contributed by atoms with Crippen LogP contribution in [0.15, 0.2) is 42.6 Å². The largest absolute Gasteiger partial charge is 0.357 e. The first-order valence-corrected chi connectivity index (χ1v) is 9.29. The van der Waals surface area contributed by atoms with Gasteiger partial charge in [0.05, 0.1) is 0 Å². The summed E-state index contributed by atoms with van der Waals surface area (Å²) < 4.78 is 0. The van der Waals surface area contributed by atoms with Gasteiger partial charge in [-0.25, -0.2) is 4.98 Å². The molecular formula is C21H27N3O. The number of hydrogen-bond acceptors (Lipinski definition) is 3. The van der Waals surface area contributed by atoms with E-state index in [0.717, 1.165) is 37.3 Å². The van der Waals surface area contributed by atoms with Crippen LogP contribution in [-0.4, -0.2) is 24.0 Å². The summed E-state index contributed by atoms with van der Waals surface area (Å²) in [6.45, 7) is 4.89. The van der Waals surface area contributed by atoms with Crippen LogP contribution in [0.25, 0.3) is 0 Å². The Bertz CT molecular complexity index is 673. The van der Waals surface area contributed by atoms with Crippen molar-refractivity contribution in [1.82, 2.24) is 10.3 Å². The van der Waals surface area contributed by atoms with Crippen molar-refractivity contribution in [2.24, 2.45) is 0 Å². The first-order chi connectivity index (χ1) is 12.2. The maximum absolute atomic E-state index is 12.0. The van der Waals surface area contributed by atoms with Crippen LogP contribution in [0.2, 0.25) is 0 Å². The zero-order valence-corrected chi connectivity index (χ0v) is 15.0. The molecule has 0 spiro atoms. The van der Waals surface area contributed by atoms with Crippen LogP contribution >= 0.6 is 0 Å². The molecule has 1 aliphatic heterocycles. The highest BCUT2D eigenvalue weighted by atomic mass is 16.1. The minimum absolute atomic E-state index is 0.0863. The normalized spacial score (nSPS) is 13.9. The van der Waals surface area contributed by atoms with Gasteiger partial charge < -0.3 is 10.2 Å². The number of aromatic nitrogens is 1. The fraction of sp³-hybridized carbons (Fsp3) is 0.429. The van der Waals surface area contributed by atoms with Crippen molar-refractivity contribution in [3.8, 4) is 0 Å². The molecule has 2 heterocycles. The molecule has 0 unspecified atom stereocenters. The standard InChI is InChI=1S/C21H27N3O/c1-2-17-5-7-18(8-6-17)10-12-21(25)23-16-19-9-11-20(22-15-19)24-13-3-4-14-24/h5-9,11,15H,2-4,10,12-14,16H2,1H3,(H,23,25). The molecule has 4 nitrogen and oxygen atoms in total. The smallest absolute Gasteiger partial charge is 0.220 e. The maximum atomic E-state index is 12.0. The van der Waals surface area contributed by atoms with Gasteiger partial charge in [-0.15, -0.1) is 0 Å². The van der Waals surface area contributed by atoms with Crippen LogP contribution in [-0.2, 0) is 24.2 Å². The lowest BCUT2D eigenvalue weighted by atomic mass is 10.1. The third-order valence-corrected chi connectivity index (χ3v) is 4.80. The molecule has 0 bridgehead atoms. The van der Waals surface area contributed by atoms with Gasteiger partial charge in [-0.05, 0) is 48.4 Å². The Hall–Kier alpha value is -2.36. The third kappa shape index (κ3) is 5.05. The van der Waals surface area contributed by atoms with E-state index in [2.05, 4.69) is 58.5 Å². The van der Waals surface area contributed by atoms with Crippen LogP contribution in [0.4, 0.5) is 5.82 Å². The molecule has 132 valence electrons. The average molecular weight is 337 g/mol. The molecule has 25 heavy (non-hydrogen) atoms. The van der Waals surface area contributed by atoms with E-state index in [4.69, 9.17) is 0 Å². The molecule has 1 saturated heterocycles. The molecule has 4 heteroatoms. The Morgan fingerprint density at radius 3 is 2.36 bits per heavy atom. The summed E-state index contributed by atoms with van der Waals surface area (Å²) in [5.41, 5.74) is 3.59.